The van der Waals surface area contributed by atoms with E-state index in [9.17, 15) is 13.2 Å². The molecule has 0 bridgehead atoms. The van der Waals surface area contributed by atoms with Gasteiger partial charge >= 0.3 is 11.2 Å². The number of rotatable bonds is 4. The average Bonchev–Trinajstić information content (AvgIpc) is 2.87. The van der Waals surface area contributed by atoms with Crippen LogP contribution in [0.1, 0.15) is 28.4 Å². The van der Waals surface area contributed by atoms with Crippen LogP contribution in [-0.4, -0.2) is 30.3 Å². The molecule has 0 unspecified atom stereocenters. The highest BCUT2D eigenvalue weighted by Crippen LogP contribution is 2.15. The smallest absolute Gasteiger partial charge is 0.336 e. The Kier molecular flexibility index (Phi) is 4.08. The van der Waals surface area contributed by atoms with E-state index in [1.165, 1.54) is 6.92 Å². The minimum atomic E-state index is -3.58. The zero-order valence-electron chi connectivity index (χ0n) is 11.9. The normalized spacial score (nSPS) is 11.4. The van der Waals surface area contributed by atoms with Crippen molar-refractivity contribution in [2.45, 2.75) is 26.0 Å². The SMILES string of the molecule is CCS(=O)(=O)c1nnc(NC(=O)c2cc(C)cc(C)c2)o1. The number of carbonyl (C=O) groups is 1. The predicted octanol–water partition coefficient (Wildman–Crippen LogP) is 1.73. The van der Waals surface area contributed by atoms with Crippen molar-refractivity contribution in [3.05, 3.63) is 34.9 Å². The number of nitrogens with one attached hydrogen (secondary N) is 1. The second-order valence-electron chi connectivity index (χ2n) is 4.61. The number of hydrogen-bond acceptors (Lipinski definition) is 6. The summed E-state index contributed by atoms with van der Waals surface area (Å²) < 4.78 is 28.1. The maximum absolute atomic E-state index is 12.1. The number of aryl methyl sites for hydroxylation is 2. The van der Waals surface area contributed by atoms with Crippen LogP contribution >= 0.6 is 0 Å². The van der Waals surface area contributed by atoms with E-state index in [1.807, 2.05) is 19.9 Å². The van der Waals surface area contributed by atoms with Crippen LogP contribution in [0, 0.1) is 13.8 Å². The lowest BCUT2D eigenvalue weighted by molar-refractivity contribution is 0.102. The summed E-state index contributed by atoms with van der Waals surface area (Å²) >= 11 is 0. The number of aromatic nitrogens is 2. The van der Waals surface area contributed by atoms with Gasteiger partial charge in [-0.15, -0.1) is 0 Å². The van der Waals surface area contributed by atoms with E-state index in [1.54, 1.807) is 12.1 Å². The Bertz CT molecular complexity index is 760. The molecule has 8 heteroatoms. The van der Waals surface area contributed by atoms with Crippen LogP contribution < -0.4 is 5.32 Å². The van der Waals surface area contributed by atoms with Crippen molar-refractivity contribution in [2.24, 2.45) is 0 Å². The minimum Gasteiger partial charge on any atom is -0.394 e. The molecule has 0 saturated carbocycles. The molecule has 21 heavy (non-hydrogen) atoms. The zero-order chi connectivity index (χ0) is 15.6. The molecule has 2 rings (SSSR count). The lowest BCUT2D eigenvalue weighted by Gasteiger charge is -2.03. The summed E-state index contributed by atoms with van der Waals surface area (Å²) in [5.74, 6) is -0.592. The summed E-state index contributed by atoms with van der Waals surface area (Å²) in [5.41, 5.74) is 2.32. The number of anilines is 1. The second kappa shape index (κ2) is 5.65. The molecule has 0 radical (unpaired) electrons. The first kappa shape index (κ1) is 15.2. The van der Waals surface area contributed by atoms with Crippen molar-refractivity contribution in [2.75, 3.05) is 11.1 Å². The van der Waals surface area contributed by atoms with Gasteiger partial charge in [-0.2, -0.15) is 0 Å². The first-order valence-electron chi connectivity index (χ1n) is 6.27. The van der Waals surface area contributed by atoms with Crippen LogP contribution in [0.4, 0.5) is 6.01 Å². The van der Waals surface area contributed by atoms with Gasteiger partial charge in [-0.1, -0.05) is 34.3 Å². The fourth-order valence-electron chi connectivity index (χ4n) is 1.78. The summed E-state index contributed by atoms with van der Waals surface area (Å²) in [7, 11) is -3.58. The number of amides is 1. The van der Waals surface area contributed by atoms with Crippen LogP contribution in [0.3, 0.4) is 0 Å². The van der Waals surface area contributed by atoms with E-state index in [0.717, 1.165) is 11.1 Å². The summed E-state index contributed by atoms with van der Waals surface area (Å²) in [4.78, 5) is 12.1. The maximum atomic E-state index is 12.1. The van der Waals surface area contributed by atoms with Crippen molar-refractivity contribution in [1.82, 2.24) is 10.2 Å². The molecule has 1 aromatic heterocycles. The quantitative estimate of drug-likeness (QED) is 0.922. The lowest BCUT2D eigenvalue weighted by atomic mass is 10.1. The van der Waals surface area contributed by atoms with Crippen LogP contribution in [0.5, 0.6) is 0 Å². The molecule has 1 heterocycles. The minimum absolute atomic E-state index is 0.153. The summed E-state index contributed by atoms with van der Waals surface area (Å²) in [6.07, 6.45) is 0. The van der Waals surface area contributed by atoms with Gasteiger partial charge in [0.1, 0.15) is 0 Å². The predicted molar refractivity (Wildman–Crippen MR) is 75.9 cm³/mol. The third kappa shape index (κ3) is 3.46. The highest BCUT2D eigenvalue weighted by Gasteiger charge is 2.21. The molecule has 1 N–H and O–H groups in total. The molecular formula is C13H15N3O4S. The summed E-state index contributed by atoms with van der Waals surface area (Å²) in [6, 6.07) is 5.12. The largest absolute Gasteiger partial charge is 0.394 e. The fourth-order valence-corrected chi connectivity index (χ4v) is 2.40. The average molecular weight is 309 g/mol. The molecule has 112 valence electrons. The highest BCUT2D eigenvalue weighted by molar-refractivity contribution is 7.91. The molecular weight excluding hydrogens is 294 g/mol. The van der Waals surface area contributed by atoms with Gasteiger partial charge in [0, 0.05) is 5.56 Å². The van der Waals surface area contributed by atoms with Crippen LogP contribution in [0.15, 0.2) is 27.8 Å². The number of nitrogens with zero attached hydrogens (tertiary/aromatic N) is 2. The molecule has 1 amide bonds. The molecule has 0 spiro atoms. The number of hydrogen-bond donors (Lipinski definition) is 1. The van der Waals surface area contributed by atoms with Crippen molar-refractivity contribution >= 4 is 21.8 Å². The Morgan fingerprint density at radius 1 is 1.19 bits per heavy atom. The van der Waals surface area contributed by atoms with Gasteiger partial charge in [0.15, 0.2) is 0 Å². The van der Waals surface area contributed by atoms with E-state index < -0.39 is 21.0 Å². The molecule has 0 aliphatic rings. The van der Waals surface area contributed by atoms with E-state index in [0.29, 0.717) is 5.56 Å². The third-order valence-corrected chi connectivity index (χ3v) is 4.21. The van der Waals surface area contributed by atoms with Crippen LogP contribution in [0.2, 0.25) is 0 Å². The van der Waals surface area contributed by atoms with Gasteiger partial charge in [-0.05, 0) is 26.0 Å². The van der Waals surface area contributed by atoms with E-state index in [4.69, 9.17) is 4.42 Å². The van der Waals surface area contributed by atoms with E-state index in [-0.39, 0.29) is 11.8 Å². The van der Waals surface area contributed by atoms with Gasteiger partial charge in [-0.25, -0.2) is 8.42 Å². The molecule has 7 nitrogen and oxygen atoms in total. The van der Waals surface area contributed by atoms with Gasteiger partial charge in [0.2, 0.25) is 9.84 Å². The monoisotopic (exact) mass is 309 g/mol. The zero-order valence-corrected chi connectivity index (χ0v) is 12.7. The summed E-state index contributed by atoms with van der Waals surface area (Å²) in [6.45, 7) is 5.22. The van der Waals surface area contributed by atoms with Gasteiger partial charge in [-0.3, -0.25) is 10.1 Å². The Morgan fingerprint density at radius 3 is 2.38 bits per heavy atom. The van der Waals surface area contributed by atoms with Gasteiger partial charge in [0.05, 0.1) is 5.75 Å². The molecule has 0 aliphatic carbocycles. The van der Waals surface area contributed by atoms with E-state index in [2.05, 4.69) is 15.5 Å². The second-order valence-corrected chi connectivity index (χ2v) is 6.76. The number of carbonyl (C=O) groups excluding carboxylic acids is 1. The molecule has 0 atom stereocenters. The van der Waals surface area contributed by atoms with Crippen molar-refractivity contribution < 1.29 is 17.6 Å². The highest BCUT2D eigenvalue weighted by atomic mass is 32.2. The molecule has 1 aromatic carbocycles. The third-order valence-electron chi connectivity index (χ3n) is 2.76. The van der Waals surface area contributed by atoms with Crippen LogP contribution in [-0.2, 0) is 9.84 Å². The Morgan fingerprint density at radius 2 is 1.81 bits per heavy atom. The Labute approximate surface area is 122 Å². The molecule has 2 aromatic rings. The first-order valence-corrected chi connectivity index (χ1v) is 7.93. The molecule has 0 fully saturated rings. The lowest BCUT2D eigenvalue weighted by Crippen LogP contribution is -2.12. The number of benzene rings is 1. The first-order chi connectivity index (χ1) is 9.81. The van der Waals surface area contributed by atoms with Crippen molar-refractivity contribution in [1.29, 1.82) is 0 Å². The van der Waals surface area contributed by atoms with Crippen molar-refractivity contribution in [3.63, 3.8) is 0 Å². The Hall–Kier alpha value is -2.22. The van der Waals surface area contributed by atoms with E-state index >= 15 is 0 Å². The fraction of sp³-hybridized carbons (Fsp3) is 0.308. The van der Waals surface area contributed by atoms with Crippen molar-refractivity contribution in [3.8, 4) is 0 Å². The standard InChI is InChI=1S/C13H15N3O4S/c1-4-21(18,19)13-16-15-12(20-13)14-11(17)10-6-8(2)5-9(3)7-10/h5-7H,4H2,1-3H3,(H,14,15,17). The number of sulfone groups is 1. The maximum Gasteiger partial charge on any atom is 0.336 e. The van der Waals surface area contributed by atoms with Gasteiger partial charge < -0.3 is 4.42 Å². The summed E-state index contributed by atoms with van der Waals surface area (Å²) in [5, 5.41) is 8.82. The molecule has 0 saturated heterocycles. The van der Waals surface area contributed by atoms with Crippen LogP contribution in [0.25, 0.3) is 0 Å². The van der Waals surface area contributed by atoms with Gasteiger partial charge in [0.25, 0.3) is 5.91 Å². The molecule has 0 aliphatic heterocycles. The topological polar surface area (TPSA) is 102 Å². The Balaban J connectivity index is 2.20.